The van der Waals surface area contributed by atoms with Gasteiger partial charge in [0.25, 0.3) is 7.98 Å². The molecule has 0 aliphatic carbocycles. The molecule has 3 nitrogen and oxygen atoms in total. The first-order valence-corrected chi connectivity index (χ1v) is 6.14. The predicted octanol–water partition coefficient (Wildman–Crippen LogP) is 4.77. The summed E-state index contributed by atoms with van der Waals surface area (Å²) in [6.45, 7) is 8.00. The van der Waals surface area contributed by atoms with Crippen LogP contribution in [0.5, 0.6) is 5.75 Å². The molecule has 0 spiro atoms. The lowest BCUT2D eigenvalue weighted by Gasteiger charge is -2.00. The van der Waals surface area contributed by atoms with Gasteiger partial charge in [0.2, 0.25) is 0 Å². The van der Waals surface area contributed by atoms with E-state index < -0.39 is 0 Å². The van der Waals surface area contributed by atoms with Gasteiger partial charge in [0, 0.05) is 5.39 Å². The van der Waals surface area contributed by atoms with Crippen molar-refractivity contribution in [3.05, 3.63) is 36.4 Å². The molecule has 0 aliphatic heterocycles. The third-order valence-corrected chi connectivity index (χ3v) is 2.02. The van der Waals surface area contributed by atoms with Gasteiger partial charge in [0.15, 0.2) is 0 Å². The Morgan fingerprint density at radius 1 is 1.00 bits per heavy atom. The minimum absolute atomic E-state index is 0.233. The fourth-order valence-electron chi connectivity index (χ4n) is 1.37. The molecule has 2 rings (SSSR count). The maximum absolute atomic E-state index is 9.56. The number of hydrogen-bond acceptors (Lipinski definition) is 3. The van der Waals surface area contributed by atoms with Crippen molar-refractivity contribution in [1.82, 2.24) is 0 Å². The maximum Gasteiger partial charge on any atom is 0.293 e. The zero-order valence-corrected chi connectivity index (χ0v) is 11.4. The molecule has 4 heteroatoms. The van der Waals surface area contributed by atoms with Gasteiger partial charge in [-0.3, -0.25) is 5.03 Å². The summed E-state index contributed by atoms with van der Waals surface area (Å²) in [7, 11) is 4.94. The quantitative estimate of drug-likeness (QED) is 0.568. The van der Waals surface area contributed by atoms with Gasteiger partial charge in [0.1, 0.15) is 5.75 Å². The average molecular weight is 242 g/mol. The number of fused-ring (bicyclic) bond motifs is 1. The summed E-state index contributed by atoms with van der Waals surface area (Å²) in [5, 5.41) is 18.1. The van der Waals surface area contributed by atoms with Crippen LogP contribution < -0.4 is 0 Å². The van der Waals surface area contributed by atoms with Crippen LogP contribution in [0.3, 0.4) is 0 Å². The minimum atomic E-state index is 0.233. The minimum Gasteiger partial charge on any atom is -0.507 e. The Kier molecular flexibility index (Phi) is 8.28. The first-order chi connectivity index (χ1) is 8.81. The van der Waals surface area contributed by atoms with Crippen LogP contribution in [0.15, 0.2) is 46.5 Å². The highest BCUT2D eigenvalue weighted by Crippen LogP contribution is 2.28. The summed E-state index contributed by atoms with van der Waals surface area (Å²) in [6.07, 6.45) is 0. The smallest absolute Gasteiger partial charge is 0.293 e. The van der Waals surface area contributed by atoms with Crippen LogP contribution in [0.2, 0.25) is 0 Å². The Balaban J connectivity index is 0.000000659. The lowest BCUT2D eigenvalue weighted by molar-refractivity contribution is 0.481. The summed E-state index contributed by atoms with van der Waals surface area (Å²) < 4.78 is 0. The number of rotatable bonds is 1. The molecule has 0 saturated carbocycles. The summed E-state index contributed by atoms with van der Waals surface area (Å²) in [5.74, 6) is 0.233. The molecule has 0 bridgehead atoms. The molecule has 2 aromatic carbocycles. The van der Waals surface area contributed by atoms with Crippen molar-refractivity contribution in [2.75, 3.05) is 0 Å². The molecule has 0 aromatic heterocycles. The van der Waals surface area contributed by atoms with Crippen molar-refractivity contribution in [2.45, 2.75) is 27.7 Å². The second-order valence-electron chi connectivity index (χ2n) is 2.90. The first-order valence-electron chi connectivity index (χ1n) is 6.14. The van der Waals surface area contributed by atoms with E-state index in [1.165, 1.54) is 0 Å². The third kappa shape index (κ3) is 4.20. The number of aromatic hydroxyl groups is 1. The molecule has 1 N–H and O–H groups in total. The van der Waals surface area contributed by atoms with Crippen LogP contribution in [0.1, 0.15) is 27.7 Å². The van der Waals surface area contributed by atoms with Gasteiger partial charge in [-0.05, 0) is 23.6 Å². The highest BCUT2D eigenvalue weighted by atomic mass is 16.3. The van der Waals surface area contributed by atoms with Gasteiger partial charge in [-0.1, -0.05) is 45.9 Å². The molecule has 2 aromatic rings. The van der Waals surface area contributed by atoms with Gasteiger partial charge in [-0.25, -0.2) is 0 Å². The second-order valence-corrected chi connectivity index (χ2v) is 2.90. The largest absolute Gasteiger partial charge is 0.507 e. The lowest BCUT2D eigenvalue weighted by Crippen LogP contribution is -1.73. The normalized spacial score (nSPS) is 9.33. The van der Waals surface area contributed by atoms with Crippen molar-refractivity contribution in [2.24, 2.45) is 10.1 Å². The molecule has 0 atom stereocenters. The SMILES string of the molecule is CC.CC.[B]N=Nc1ccc2cccc(O)c2c1. The third-order valence-electron chi connectivity index (χ3n) is 2.02. The Morgan fingerprint density at radius 2 is 1.67 bits per heavy atom. The summed E-state index contributed by atoms with van der Waals surface area (Å²) >= 11 is 0. The topological polar surface area (TPSA) is 45.0 Å². The number of hydrogen-bond donors (Lipinski definition) is 1. The van der Waals surface area contributed by atoms with Crippen molar-refractivity contribution >= 4 is 24.4 Å². The number of phenols is 1. The highest BCUT2D eigenvalue weighted by molar-refractivity contribution is 6.05. The van der Waals surface area contributed by atoms with Crippen LogP contribution in [0.25, 0.3) is 10.8 Å². The number of benzene rings is 2. The fraction of sp³-hybridized carbons (Fsp3) is 0.286. The van der Waals surface area contributed by atoms with E-state index in [0.717, 1.165) is 10.8 Å². The van der Waals surface area contributed by atoms with Crippen LogP contribution in [0.4, 0.5) is 5.69 Å². The lowest BCUT2D eigenvalue weighted by atomic mass is 10.1. The fourth-order valence-corrected chi connectivity index (χ4v) is 1.37. The summed E-state index contributed by atoms with van der Waals surface area (Å²) in [6, 6.07) is 10.7. The molecule has 94 valence electrons. The van der Waals surface area contributed by atoms with Crippen LogP contribution in [-0.2, 0) is 0 Å². The van der Waals surface area contributed by atoms with Crippen molar-refractivity contribution in [3.63, 3.8) is 0 Å². The standard InChI is InChI=1S/C10H7BN2O.2C2H6/c11-13-12-8-5-4-7-2-1-3-10(14)9(7)6-8;2*1-2/h1-6,14H;2*1-2H3. The van der Waals surface area contributed by atoms with Gasteiger partial charge in [0.05, 0.1) is 5.69 Å². The Morgan fingerprint density at radius 3 is 2.28 bits per heavy atom. The molecule has 0 heterocycles. The van der Waals surface area contributed by atoms with E-state index in [1.54, 1.807) is 24.3 Å². The molecule has 0 fully saturated rings. The molecular formula is C14H19BN2O. The molecule has 0 unspecified atom stereocenters. The van der Waals surface area contributed by atoms with E-state index >= 15 is 0 Å². The Bertz CT molecular complexity index is 498. The van der Waals surface area contributed by atoms with Gasteiger partial charge in [-0.2, -0.15) is 5.11 Å². The molecule has 0 amide bonds. The Labute approximate surface area is 110 Å². The van der Waals surface area contributed by atoms with Gasteiger partial charge >= 0.3 is 0 Å². The predicted molar refractivity (Wildman–Crippen MR) is 78.6 cm³/mol. The zero-order valence-electron chi connectivity index (χ0n) is 11.4. The van der Waals surface area contributed by atoms with Crippen LogP contribution in [0, 0.1) is 0 Å². The van der Waals surface area contributed by atoms with Gasteiger partial charge < -0.3 is 5.11 Å². The number of nitrogens with zero attached hydrogens (tertiary/aromatic N) is 2. The van der Waals surface area contributed by atoms with E-state index in [1.807, 2.05) is 39.8 Å². The van der Waals surface area contributed by atoms with Crippen molar-refractivity contribution in [1.29, 1.82) is 0 Å². The highest BCUT2D eigenvalue weighted by Gasteiger charge is 1.99. The number of phenolic OH excluding ortho intramolecular Hbond substituents is 1. The molecule has 0 saturated heterocycles. The zero-order chi connectivity index (χ0) is 14.0. The molecule has 0 aliphatic rings. The Hall–Kier alpha value is -1.84. The van der Waals surface area contributed by atoms with E-state index in [9.17, 15) is 5.11 Å². The van der Waals surface area contributed by atoms with E-state index in [2.05, 4.69) is 10.1 Å². The van der Waals surface area contributed by atoms with E-state index in [-0.39, 0.29) is 5.75 Å². The second kappa shape index (κ2) is 9.22. The summed E-state index contributed by atoms with van der Waals surface area (Å²) in [4.78, 5) is 0. The van der Waals surface area contributed by atoms with Crippen LogP contribution in [-0.4, -0.2) is 13.1 Å². The monoisotopic (exact) mass is 242 g/mol. The average Bonchev–Trinajstić information content (AvgIpc) is 2.45. The van der Waals surface area contributed by atoms with Crippen LogP contribution >= 0.6 is 0 Å². The van der Waals surface area contributed by atoms with E-state index in [4.69, 9.17) is 7.98 Å². The molecule has 2 radical (unpaired) electrons. The van der Waals surface area contributed by atoms with Crippen molar-refractivity contribution in [3.8, 4) is 5.75 Å². The molecule has 18 heavy (non-hydrogen) atoms. The van der Waals surface area contributed by atoms with Gasteiger partial charge in [-0.15, -0.1) is 0 Å². The van der Waals surface area contributed by atoms with E-state index in [0.29, 0.717) is 5.69 Å². The summed E-state index contributed by atoms with van der Waals surface area (Å²) in [5.41, 5.74) is 0.626. The van der Waals surface area contributed by atoms with Crippen molar-refractivity contribution < 1.29 is 5.11 Å². The first kappa shape index (κ1) is 16.2. The molecular weight excluding hydrogens is 223 g/mol. The maximum atomic E-state index is 9.56.